The molecule has 19 heavy (non-hydrogen) atoms. The molecule has 0 aromatic heterocycles. The zero-order valence-corrected chi connectivity index (χ0v) is 11.9. The van der Waals surface area contributed by atoms with E-state index in [2.05, 4.69) is 34.5 Å². The van der Waals surface area contributed by atoms with Crippen LogP contribution in [0, 0.1) is 0 Å². The van der Waals surface area contributed by atoms with Crippen molar-refractivity contribution in [2.24, 2.45) is 0 Å². The van der Waals surface area contributed by atoms with Crippen LogP contribution in [0.4, 0.5) is 0 Å². The second-order valence-corrected chi connectivity index (χ2v) is 6.08. The third kappa shape index (κ3) is 3.58. The van der Waals surface area contributed by atoms with Crippen molar-refractivity contribution in [3.8, 4) is 0 Å². The van der Waals surface area contributed by atoms with Gasteiger partial charge in [-0.2, -0.15) is 0 Å². The van der Waals surface area contributed by atoms with Gasteiger partial charge in [0.2, 0.25) is 0 Å². The summed E-state index contributed by atoms with van der Waals surface area (Å²) in [6, 6.07) is 9.85. The van der Waals surface area contributed by atoms with Gasteiger partial charge in [0.05, 0.1) is 0 Å². The van der Waals surface area contributed by atoms with E-state index in [1.165, 1.54) is 69.3 Å². The molecule has 1 unspecified atom stereocenters. The van der Waals surface area contributed by atoms with Gasteiger partial charge in [-0.1, -0.05) is 37.1 Å². The molecule has 104 valence electrons. The normalized spacial score (nSPS) is 25.4. The highest BCUT2D eigenvalue weighted by molar-refractivity contribution is 5.26. The molecule has 2 aliphatic rings. The van der Waals surface area contributed by atoms with Gasteiger partial charge in [0.1, 0.15) is 0 Å². The number of nitrogens with zero attached hydrogens (tertiary/aromatic N) is 1. The molecule has 2 saturated heterocycles. The minimum atomic E-state index is 0.584. The van der Waals surface area contributed by atoms with Crippen LogP contribution in [0.2, 0.25) is 0 Å². The fraction of sp³-hybridized carbons (Fsp3) is 0.647. The van der Waals surface area contributed by atoms with E-state index in [0.717, 1.165) is 6.54 Å². The SMILES string of the molecule is c1cc(CN2CCCC2)cc(C2CCCCCN2)c1. The first-order chi connectivity index (χ1) is 9.42. The summed E-state index contributed by atoms with van der Waals surface area (Å²) < 4.78 is 0. The Morgan fingerprint density at radius 3 is 2.84 bits per heavy atom. The standard InChI is InChI=1S/C17H26N2/c1-2-9-17(18-10-3-1)16-8-6-7-15(13-16)14-19-11-4-5-12-19/h6-8,13,17-18H,1-5,9-12,14H2. The van der Waals surface area contributed by atoms with E-state index >= 15 is 0 Å². The van der Waals surface area contributed by atoms with E-state index < -0.39 is 0 Å². The van der Waals surface area contributed by atoms with Crippen LogP contribution in [0.5, 0.6) is 0 Å². The van der Waals surface area contributed by atoms with Crippen molar-refractivity contribution in [3.63, 3.8) is 0 Å². The largest absolute Gasteiger partial charge is 0.310 e. The van der Waals surface area contributed by atoms with Gasteiger partial charge in [-0.3, -0.25) is 4.90 Å². The Morgan fingerprint density at radius 2 is 1.95 bits per heavy atom. The average molecular weight is 258 g/mol. The van der Waals surface area contributed by atoms with Crippen molar-refractivity contribution < 1.29 is 0 Å². The second-order valence-electron chi connectivity index (χ2n) is 6.08. The van der Waals surface area contributed by atoms with Crippen LogP contribution in [0.3, 0.4) is 0 Å². The van der Waals surface area contributed by atoms with Crippen LogP contribution in [0.25, 0.3) is 0 Å². The summed E-state index contributed by atoms with van der Waals surface area (Å²) in [5, 5.41) is 3.71. The number of nitrogens with one attached hydrogen (secondary N) is 1. The maximum Gasteiger partial charge on any atom is 0.0320 e. The lowest BCUT2D eigenvalue weighted by Gasteiger charge is -2.19. The smallest absolute Gasteiger partial charge is 0.0320 e. The zero-order chi connectivity index (χ0) is 12.9. The van der Waals surface area contributed by atoms with Gasteiger partial charge < -0.3 is 5.32 Å². The van der Waals surface area contributed by atoms with Crippen molar-refractivity contribution in [1.82, 2.24) is 10.2 Å². The molecule has 3 rings (SSSR count). The molecule has 0 spiro atoms. The molecule has 0 saturated carbocycles. The van der Waals surface area contributed by atoms with E-state index in [1.807, 2.05) is 0 Å². The number of likely N-dealkylation sites (tertiary alicyclic amines) is 1. The van der Waals surface area contributed by atoms with E-state index in [9.17, 15) is 0 Å². The Morgan fingerprint density at radius 1 is 1.05 bits per heavy atom. The van der Waals surface area contributed by atoms with Crippen molar-refractivity contribution in [1.29, 1.82) is 0 Å². The van der Waals surface area contributed by atoms with Crippen LogP contribution < -0.4 is 5.32 Å². The lowest BCUT2D eigenvalue weighted by atomic mass is 10.00. The third-order valence-electron chi connectivity index (χ3n) is 4.52. The molecule has 0 amide bonds. The Hall–Kier alpha value is -0.860. The second kappa shape index (κ2) is 6.53. The first kappa shape index (κ1) is 13.1. The van der Waals surface area contributed by atoms with Gasteiger partial charge in [-0.25, -0.2) is 0 Å². The number of rotatable bonds is 3. The van der Waals surface area contributed by atoms with Crippen LogP contribution >= 0.6 is 0 Å². The highest BCUT2D eigenvalue weighted by Crippen LogP contribution is 2.24. The minimum Gasteiger partial charge on any atom is -0.310 e. The van der Waals surface area contributed by atoms with Crippen LogP contribution in [0.15, 0.2) is 24.3 Å². The first-order valence-electron chi connectivity index (χ1n) is 7.96. The molecule has 0 bridgehead atoms. The number of hydrogen-bond donors (Lipinski definition) is 1. The van der Waals surface area contributed by atoms with Crippen molar-refractivity contribution >= 4 is 0 Å². The van der Waals surface area contributed by atoms with Crippen molar-refractivity contribution in [2.45, 2.75) is 51.1 Å². The van der Waals surface area contributed by atoms with E-state index in [0.29, 0.717) is 6.04 Å². The molecule has 1 atom stereocenters. The lowest BCUT2D eigenvalue weighted by molar-refractivity contribution is 0.331. The molecule has 1 N–H and O–H groups in total. The fourth-order valence-electron chi connectivity index (χ4n) is 3.42. The molecule has 2 aliphatic heterocycles. The van der Waals surface area contributed by atoms with E-state index in [-0.39, 0.29) is 0 Å². The number of hydrogen-bond acceptors (Lipinski definition) is 2. The summed E-state index contributed by atoms with van der Waals surface area (Å²) in [6.45, 7) is 4.89. The minimum absolute atomic E-state index is 0.584. The Labute approximate surface area is 117 Å². The van der Waals surface area contributed by atoms with E-state index in [1.54, 1.807) is 0 Å². The van der Waals surface area contributed by atoms with Gasteiger partial charge in [-0.15, -0.1) is 0 Å². The van der Waals surface area contributed by atoms with E-state index in [4.69, 9.17) is 0 Å². The molecule has 0 radical (unpaired) electrons. The quantitative estimate of drug-likeness (QED) is 0.893. The molecule has 2 heterocycles. The summed E-state index contributed by atoms with van der Waals surface area (Å²) in [7, 11) is 0. The molecular formula is C17H26N2. The van der Waals surface area contributed by atoms with Crippen molar-refractivity contribution in [2.75, 3.05) is 19.6 Å². The van der Waals surface area contributed by atoms with Crippen LogP contribution in [0.1, 0.15) is 55.7 Å². The number of benzene rings is 1. The topological polar surface area (TPSA) is 15.3 Å². The third-order valence-corrected chi connectivity index (χ3v) is 4.52. The predicted molar refractivity (Wildman–Crippen MR) is 80.2 cm³/mol. The van der Waals surface area contributed by atoms with Crippen LogP contribution in [-0.2, 0) is 6.54 Å². The highest BCUT2D eigenvalue weighted by atomic mass is 15.1. The van der Waals surface area contributed by atoms with Crippen molar-refractivity contribution in [3.05, 3.63) is 35.4 Å². The Kier molecular flexibility index (Phi) is 4.52. The lowest BCUT2D eigenvalue weighted by Crippen LogP contribution is -2.21. The monoisotopic (exact) mass is 258 g/mol. The molecular weight excluding hydrogens is 232 g/mol. The van der Waals surface area contributed by atoms with Gasteiger partial charge in [-0.05, 0) is 56.4 Å². The molecule has 0 aliphatic carbocycles. The maximum absolute atomic E-state index is 3.71. The molecule has 1 aromatic carbocycles. The highest BCUT2D eigenvalue weighted by Gasteiger charge is 2.15. The molecule has 2 heteroatoms. The molecule has 1 aromatic rings. The molecule has 2 fully saturated rings. The van der Waals surface area contributed by atoms with Gasteiger partial charge in [0, 0.05) is 12.6 Å². The van der Waals surface area contributed by atoms with Crippen LogP contribution in [-0.4, -0.2) is 24.5 Å². The fourth-order valence-corrected chi connectivity index (χ4v) is 3.42. The zero-order valence-electron chi connectivity index (χ0n) is 11.9. The average Bonchev–Trinajstić information content (AvgIpc) is 2.79. The molecule has 2 nitrogen and oxygen atoms in total. The summed E-state index contributed by atoms with van der Waals surface area (Å²) in [5.41, 5.74) is 2.99. The Balaban J connectivity index is 1.67. The summed E-state index contributed by atoms with van der Waals surface area (Å²) in [6.07, 6.45) is 8.15. The predicted octanol–water partition coefficient (Wildman–Crippen LogP) is 3.49. The van der Waals surface area contributed by atoms with Gasteiger partial charge in [0.15, 0.2) is 0 Å². The van der Waals surface area contributed by atoms with Gasteiger partial charge in [0.25, 0.3) is 0 Å². The van der Waals surface area contributed by atoms with Gasteiger partial charge >= 0.3 is 0 Å². The Bertz CT molecular complexity index is 388. The summed E-state index contributed by atoms with van der Waals surface area (Å²) >= 11 is 0. The maximum atomic E-state index is 3.71. The summed E-state index contributed by atoms with van der Waals surface area (Å²) in [5.74, 6) is 0. The first-order valence-corrected chi connectivity index (χ1v) is 7.96. The summed E-state index contributed by atoms with van der Waals surface area (Å²) in [4.78, 5) is 2.58.